The van der Waals surface area contributed by atoms with E-state index in [1.54, 1.807) is 65.6 Å². The number of aliphatic carboxylic acids is 1. The number of carbonyl (C=O) groups is 4. The molecule has 0 unspecified atom stereocenters. The van der Waals surface area contributed by atoms with Gasteiger partial charge in [0.15, 0.2) is 0 Å². The number of non-ortho nitro benzene ring substituents is 1. The number of aliphatic hydroxyl groups is 2. The molecule has 2 saturated heterocycles. The number of ether oxygens (including phenoxy) is 3. The van der Waals surface area contributed by atoms with Crippen LogP contribution in [0.5, 0.6) is 5.75 Å². The Labute approximate surface area is 385 Å². The third-order valence-corrected chi connectivity index (χ3v) is 13.3. The van der Waals surface area contributed by atoms with E-state index >= 15 is 4.79 Å². The first-order valence-corrected chi connectivity index (χ1v) is 22.2. The maximum absolute atomic E-state index is 16.1. The first-order chi connectivity index (χ1) is 32.4. The average Bonchev–Trinajstić information content (AvgIpc) is 3.68. The molecule has 15 nitrogen and oxygen atoms in total. The molecular formula is C52H47N3O12. The van der Waals surface area contributed by atoms with E-state index in [9.17, 15) is 39.8 Å². The Morgan fingerprint density at radius 1 is 0.821 bits per heavy atom. The van der Waals surface area contributed by atoms with Crippen molar-refractivity contribution in [3.8, 4) is 17.6 Å². The summed E-state index contributed by atoms with van der Waals surface area (Å²) in [7, 11) is 0. The van der Waals surface area contributed by atoms with Gasteiger partial charge >= 0.3 is 18.0 Å². The molecule has 3 fully saturated rings. The summed E-state index contributed by atoms with van der Waals surface area (Å²) in [5.74, 6) is 1.16. The van der Waals surface area contributed by atoms with Crippen LogP contribution in [0.2, 0.25) is 0 Å². The van der Waals surface area contributed by atoms with Gasteiger partial charge in [-0.05, 0) is 96.0 Å². The lowest BCUT2D eigenvalue weighted by Crippen LogP contribution is -2.53. The molecule has 1 aliphatic carbocycles. The molecule has 0 bridgehead atoms. The number of rotatable bonds is 10. The molecule has 3 aliphatic heterocycles. The Morgan fingerprint density at radius 2 is 1.49 bits per heavy atom. The maximum Gasteiger partial charge on any atom is 0.421 e. The zero-order valence-corrected chi connectivity index (χ0v) is 36.2. The van der Waals surface area contributed by atoms with E-state index in [2.05, 4.69) is 11.8 Å². The fourth-order valence-electron chi connectivity index (χ4n) is 10.4. The van der Waals surface area contributed by atoms with Crippen molar-refractivity contribution in [2.24, 2.45) is 5.92 Å². The van der Waals surface area contributed by atoms with E-state index in [4.69, 9.17) is 14.2 Å². The second-order valence-electron chi connectivity index (χ2n) is 17.3. The van der Waals surface area contributed by atoms with Gasteiger partial charge in [-0.1, -0.05) is 97.5 Å². The van der Waals surface area contributed by atoms with Crippen molar-refractivity contribution in [3.63, 3.8) is 0 Å². The zero-order valence-electron chi connectivity index (χ0n) is 36.2. The molecular weight excluding hydrogens is 859 g/mol. The predicted octanol–water partition coefficient (Wildman–Crippen LogP) is 7.49. The number of hydrogen-bond donors (Lipinski definition) is 3. The summed E-state index contributed by atoms with van der Waals surface area (Å²) in [6, 6.07) is 30.9. The van der Waals surface area contributed by atoms with Crippen LogP contribution in [0.15, 0.2) is 127 Å². The molecule has 6 atom stereocenters. The molecule has 3 N–H and O–H groups in total. The number of benzene rings is 5. The van der Waals surface area contributed by atoms with Gasteiger partial charge in [-0.3, -0.25) is 29.4 Å². The summed E-state index contributed by atoms with van der Waals surface area (Å²) in [6.45, 7) is -0.796. The highest BCUT2D eigenvalue weighted by Gasteiger charge is 2.76. The molecule has 5 aromatic carbocycles. The maximum atomic E-state index is 16.1. The molecule has 4 aliphatic rings. The smallest absolute Gasteiger partial charge is 0.421 e. The van der Waals surface area contributed by atoms with E-state index in [0.29, 0.717) is 40.7 Å². The normalized spacial score (nSPS) is 24.1. The van der Waals surface area contributed by atoms with Crippen LogP contribution >= 0.6 is 0 Å². The second-order valence-corrected chi connectivity index (χ2v) is 17.3. The standard InChI is InChI=1S/C52H47N3O12/c56-28-29-65-39-17-11-16-37(31-39)46-52(42(47(57)58)44-48(59)67-45(36-14-7-4-8-15-36)43(54(44)46)35-12-5-3-6-13-35)40-30-33(24-27-51(62)25-9-1-2-10-26-51)20-23-41(40)53(49(52)60)50(61)66-32-34-18-21-38(22-19-34)55(63)64/h3-8,11-23,30-31,42-46,56,62H,1-2,9-10,25-26,28-29,32H2,(H,57,58)/t42-,43-,44-,45+,46+,52-/m1/s1. The number of nitrogens with zero attached hydrogens (tertiary/aromatic N) is 3. The van der Waals surface area contributed by atoms with Gasteiger partial charge in [0.25, 0.3) is 5.69 Å². The first-order valence-electron chi connectivity index (χ1n) is 22.2. The van der Waals surface area contributed by atoms with Crippen molar-refractivity contribution >= 4 is 35.3 Å². The number of imide groups is 1. The van der Waals surface area contributed by atoms with Crippen LogP contribution in [0, 0.1) is 27.9 Å². The van der Waals surface area contributed by atoms with Crippen molar-refractivity contribution in [1.29, 1.82) is 0 Å². The fraction of sp³-hybridized carbons (Fsp3) is 0.308. The lowest BCUT2D eigenvalue weighted by atomic mass is 9.65. The summed E-state index contributed by atoms with van der Waals surface area (Å²) in [6.07, 6.45) is 2.24. The number of carboxylic acids is 1. The van der Waals surface area contributed by atoms with Gasteiger partial charge in [0.05, 0.1) is 29.3 Å². The predicted molar refractivity (Wildman–Crippen MR) is 241 cm³/mol. The highest BCUT2D eigenvalue weighted by Crippen LogP contribution is 2.66. The number of morpholine rings is 1. The summed E-state index contributed by atoms with van der Waals surface area (Å²) in [4.78, 5) is 73.4. The number of carboxylic acid groups (broad SMARTS) is 1. The van der Waals surface area contributed by atoms with Crippen molar-refractivity contribution in [1.82, 2.24) is 4.90 Å². The average molecular weight is 906 g/mol. The SMILES string of the molecule is O=C1O[C@@H](c2ccccc2)[C@@H](c2ccccc2)N2[C@@H](c3cccc(OCCO)c3)[C@]3(C(=O)N(C(=O)OCc4ccc([N+](=O)[O-])cc4)c4ccc(C#CC5(O)CCCCCC5)cc43)[C@@H](C(=O)O)[C@H]12. The number of aliphatic hydroxyl groups excluding tert-OH is 1. The molecule has 67 heavy (non-hydrogen) atoms. The molecule has 5 aromatic rings. The van der Waals surface area contributed by atoms with Gasteiger partial charge in [-0.2, -0.15) is 0 Å². The minimum atomic E-state index is -2.29. The summed E-state index contributed by atoms with van der Waals surface area (Å²) in [5, 5.41) is 44.3. The number of hydrogen-bond acceptors (Lipinski definition) is 12. The highest BCUT2D eigenvalue weighted by molar-refractivity contribution is 6.23. The second kappa shape index (κ2) is 18.5. The van der Waals surface area contributed by atoms with Crippen LogP contribution < -0.4 is 9.64 Å². The number of nitro benzene ring substituents is 1. The Morgan fingerprint density at radius 3 is 2.15 bits per heavy atom. The Bertz CT molecular complexity index is 2770. The van der Waals surface area contributed by atoms with Crippen LogP contribution in [0.3, 0.4) is 0 Å². The monoisotopic (exact) mass is 905 g/mol. The van der Waals surface area contributed by atoms with Crippen molar-refractivity contribution in [2.75, 3.05) is 18.1 Å². The summed E-state index contributed by atoms with van der Waals surface area (Å²) < 4.78 is 18.0. The topological polar surface area (TPSA) is 206 Å². The van der Waals surface area contributed by atoms with E-state index < -0.39 is 76.6 Å². The van der Waals surface area contributed by atoms with Gasteiger partial charge in [0.2, 0.25) is 5.91 Å². The first kappa shape index (κ1) is 44.8. The molecule has 1 spiro atoms. The summed E-state index contributed by atoms with van der Waals surface area (Å²) in [5.41, 5.74) is -1.37. The third kappa shape index (κ3) is 8.17. The fourth-order valence-corrected chi connectivity index (χ4v) is 10.4. The number of nitro groups is 1. The largest absolute Gasteiger partial charge is 0.491 e. The molecule has 3 heterocycles. The number of cyclic esters (lactones) is 1. The Hall–Kier alpha value is -7.38. The highest BCUT2D eigenvalue weighted by atomic mass is 16.6. The molecule has 342 valence electrons. The van der Waals surface area contributed by atoms with E-state index in [0.717, 1.165) is 30.6 Å². The molecule has 2 amide bonds. The number of carbonyl (C=O) groups excluding carboxylic acids is 3. The van der Waals surface area contributed by atoms with Crippen molar-refractivity contribution < 1.29 is 53.6 Å². The van der Waals surface area contributed by atoms with Crippen LogP contribution in [-0.4, -0.2) is 73.9 Å². The Balaban J connectivity index is 1.29. The van der Waals surface area contributed by atoms with Crippen molar-refractivity contribution in [2.45, 2.75) is 80.4 Å². The molecule has 0 radical (unpaired) electrons. The quantitative estimate of drug-likeness (QED) is 0.0409. The van der Waals surface area contributed by atoms with Gasteiger partial charge in [0.1, 0.15) is 48.0 Å². The van der Waals surface area contributed by atoms with Gasteiger partial charge < -0.3 is 29.5 Å². The minimum absolute atomic E-state index is 0.00884. The van der Waals surface area contributed by atoms with Crippen LogP contribution in [0.25, 0.3) is 0 Å². The van der Waals surface area contributed by atoms with Crippen molar-refractivity contribution in [3.05, 3.63) is 171 Å². The molecule has 0 aromatic heterocycles. The number of fused-ring (bicyclic) bond motifs is 3. The lowest BCUT2D eigenvalue weighted by molar-refractivity contribution is -0.384. The minimum Gasteiger partial charge on any atom is -0.491 e. The van der Waals surface area contributed by atoms with Gasteiger partial charge in [-0.15, -0.1) is 0 Å². The van der Waals surface area contributed by atoms with E-state index in [-0.39, 0.29) is 35.9 Å². The van der Waals surface area contributed by atoms with Gasteiger partial charge in [-0.25, -0.2) is 9.69 Å². The lowest BCUT2D eigenvalue weighted by Gasteiger charge is -2.46. The molecule has 15 heteroatoms. The van der Waals surface area contributed by atoms with Crippen LogP contribution in [0.4, 0.5) is 16.2 Å². The van der Waals surface area contributed by atoms with Crippen LogP contribution in [0.1, 0.15) is 90.1 Å². The van der Waals surface area contributed by atoms with Gasteiger partial charge in [0, 0.05) is 17.7 Å². The zero-order chi connectivity index (χ0) is 46.9. The molecule has 9 rings (SSSR count). The Kier molecular flexibility index (Phi) is 12.4. The number of esters is 1. The molecule has 1 saturated carbocycles. The van der Waals surface area contributed by atoms with E-state index in [1.807, 2.05) is 36.4 Å². The van der Waals surface area contributed by atoms with Crippen LogP contribution in [-0.2, 0) is 35.9 Å². The number of anilines is 1. The third-order valence-electron chi connectivity index (χ3n) is 13.3. The summed E-state index contributed by atoms with van der Waals surface area (Å²) >= 11 is 0. The number of amides is 2. The van der Waals surface area contributed by atoms with E-state index in [1.165, 1.54) is 30.3 Å².